The van der Waals surface area contributed by atoms with Crippen molar-refractivity contribution >= 4 is 11.9 Å². The number of aromatic nitrogens is 2. The smallest absolute Gasteiger partial charge is 0.338 e. The van der Waals surface area contributed by atoms with E-state index >= 15 is 0 Å². The number of imidazole rings is 1. The first-order valence-electron chi connectivity index (χ1n) is 10.8. The number of carbonyl (C=O) groups is 2. The molecule has 1 aromatic heterocycles. The Balaban J connectivity index is 1.93. The molecule has 0 radical (unpaired) electrons. The van der Waals surface area contributed by atoms with Crippen LogP contribution in [0.2, 0.25) is 0 Å². The van der Waals surface area contributed by atoms with Crippen molar-refractivity contribution in [2.75, 3.05) is 0 Å². The van der Waals surface area contributed by atoms with Gasteiger partial charge < -0.3 is 19.8 Å². The molecule has 0 saturated heterocycles. The summed E-state index contributed by atoms with van der Waals surface area (Å²) in [5, 5.41) is 0. The maximum absolute atomic E-state index is 12.8. The second-order valence-electron chi connectivity index (χ2n) is 9.93. The molecule has 0 fully saturated rings. The first kappa shape index (κ1) is 23.0. The molecular weight excluding hydrogens is 394 g/mol. The highest BCUT2D eigenvalue weighted by molar-refractivity contribution is 5.90. The third-order valence-corrected chi connectivity index (χ3v) is 4.97. The van der Waals surface area contributed by atoms with Gasteiger partial charge in [0.05, 0.1) is 17.0 Å². The van der Waals surface area contributed by atoms with E-state index in [2.05, 4.69) is 4.57 Å². The Labute approximate surface area is 183 Å². The Kier molecular flexibility index (Phi) is 6.28. The van der Waals surface area contributed by atoms with Crippen molar-refractivity contribution in [1.29, 1.82) is 0 Å². The Morgan fingerprint density at radius 3 is 2.23 bits per heavy atom. The van der Waals surface area contributed by atoms with E-state index in [1.54, 1.807) is 12.1 Å². The lowest BCUT2D eigenvalue weighted by molar-refractivity contribution is -0.157. The molecule has 7 nitrogen and oxygen atoms in total. The van der Waals surface area contributed by atoms with Crippen molar-refractivity contribution < 1.29 is 19.1 Å². The zero-order chi connectivity index (χ0) is 23.0. The van der Waals surface area contributed by atoms with Crippen LogP contribution in [0.3, 0.4) is 0 Å². The van der Waals surface area contributed by atoms with Gasteiger partial charge in [0.1, 0.15) is 22.9 Å². The van der Waals surface area contributed by atoms with Crippen LogP contribution in [-0.4, -0.2) is 32.7 Å². The molecule has 1 aromatic carbocycles. The van der Waals surface area contributed by atoms with Crippen LogP contribution in [0.25, 0.3) is 11.3 Å². The van der Waals surface area contributed by atoms with E-state index in [0.29, 0.717) is 24.4 Å². The van der Waals surface area contributed by atoms with Crippen LogP contribution < -0.4 is 5.73 Å². The summed E-state index contributed by atoms with van der Waals surface area (Å²) in [7, 11) is 0. The Bertz CT molecular complexity index is 962. The topological polar surface area (TPSA) is 96.4 Å². The van der Waals surface area contributed by atoms with Crippen LogP contribution in [-0.2, 0) is 27.4 Å². The molecule has 0 bridgehead atoms. The van der Waals surface area contributed by atoms with Gasteiger partial charge in [0, 0.05) is 18.7 Å². The van der Waals surface area contributed by atoms with E-state index in [9.17, 15) is 9.59 Å². The number of benzene rings is 1. The summed E-state index contributed by atoms with van der Waals surface area (Å²) in [4.78, 5) is 29.9. The minimum Gasteiger partial charge on any atom is -0.459 e. The van der Waals surface area contributed by atoms with Gasteiger partial charge in [0.25, 0.3) is 0 Å². The molecule has 7 heteroatoms. The molecule has 0 saturated carbocycles. The number of esters is 2. The first-order chi connectivity index (χ1) is 14.4. The molecule has 31 heavy (non-hydrogen) atoms. The number of carbonyl (C=O) groups excluding carboxylic acids is 2. The van der Waals surface area contributed by atoms with Gasteiger partial charge in [0.15, 0.2) is 0 Å². The van der Waals surface area contributed by atoms with Crippen molar-refractivity contribution in [2.24, 2.45) is 5.73 Å². The van der Waals surface area contributed by atoms with Gasteiger partial charge in [-0.1, -0.05) is 12.1 Å². The molecule has 0 spiro atoms. The van der Waals surface area contributed by atoms with Crippen LogP contribution in [0.15, 0.2) is 24.3 Å². The highest BCUT2D eigenvalue weighted by atomic mass is 16.6. The molecule has 1 aliphatic rings. The highest BCUT2D eigenvalue weighted by Crippen LogP contribution is 2.35. The van der Waals surface area contributed by atoms with E-state index in [1.807, 2.05) is 53.7 Å². The molecule has 0 aliphatic carbocycles. The minimum absolute atomic E-state index is 0.256. The first-order valence-corrected chi connectivity index (χ1v) is 10.8. The predicted octanol–water partition coefficient (Wildman–Crippen LogP) is 4.18. The van der Waals surface area contributed by atoms with Crippen LogP contribution in [0, 0.1) is 0 Å². The fourth-order valence-corrected chi connectivity index (χ4v) is 3.74. The number of hydrogen-bond donors (Lipinski definition) is 1. The third kappa shape index (κ3) is 5.34. The monoisotopic (exact) mass is 427 g/mol. The van der Waals surface area contributed by atoms with E-state index in [-0.39, 0.29) is 11.9 Å². The zero-order valence-corrected chi connectivity index (χ0v) is 19.3. The number of hydrogen-bond acceptors (Lipinski definition) is 6. The number of ether oxygens (including phenoxy) is 2. The number of fused-ring (bicyclic) bond motifs is 1. The molecule has 3 rings (SSSR count). The van der Waals surface area contributed by atoms with E-state index in [1.165, 1.54) is 0 Å². The Morgan fingerprint density at radius 1 is 1.06 bits per heavy atom. The van der Waals surface area contributed by atoms with E-state index in [4.69, 9.17) is 20.2 Å². The average molecular weight is 428 g/mol. The average Bonchev–Trinajstić information content (AvgIpc) is 3.04. The second kappa shape index (κ2) is 8.46. The van der Waals surface area contributed by atoms with Crippen LogP contribution in [0.1, 0.15) is 82.2 Å². The molecule has 1 atom stereocenters. The molecule has 0 amide bonds. The molecule has 2 heterocycles. The quantitative estimate of drug-likeness (QED) is 0.735. The Morgan fingerprint density at radius 2 is 1.68 bits per heavy atom. The lowest BCUT2D eigenvalue weighted by Crippen LogP contribution is -2.31. The lowest BCUT2D eigenvalue weighted by atomic mass is 9.98. The molecule has 2 N–H and O–H groups in total. The fraction of sp³-hybridized carbons (Fsp3) is 0.542. The minimum atomic E-state index is -0.553. The van der Waals surface area contributed by atoms with Crippen LogP contribution >= 0.6 is 0 Å². The molecule has 1 unspecified atom stereocenters. The second-order valence-corrected chi connectivity index (χ2v) is 9.93. The van der Waals surface area contributed by atoms with Crippen molar-refractivity contribution in [2.45, 2.75) is 84.6 Å². The number of rotatable bonds is 4. The maximum Gasteiger partial charge on any atom is 0.338 e. The van der Waals surface area contributed by atoms with Crippen LogP contribution in [0.4, 0.5) is 0 Å². The van der Waals surface area contributed by atoms with Crippen molar-refractivity contribution in [3.8, 4) is 11.3 Å². The van der Waals surface area contributed by atoms with Gasteiger partial charge in [-0.25, -0.2) is 9.78 Å². The fourth-order valence-electron chi connectivity index (χ4n) is 3.74. The van der Waals surface area contributed by atoms with Gasteiger partial charge in [0.2, 0.25) is 0 Å². The molecular formula is C24H33N3O4. The normalized spacial score (nSPS) is 16.5. The summed E-state index contributed by atoms with van der Waals surface area (Å²) in [6.45, 7) is 12.2. The molecule has 168 valence electrons. The largest absolute Gasteiger partial charge is 0.459 e. The summed E-state index contributed by atoms with van der Waals surface area (Å²) in [6, 6.07) is 7.14. The van der Waals surface area contributed by atoms with Crippen molar-refractivity contribution in [1.82, 2.24) is 9.55 Å². The Hall–Kier alpha value is -2.67. The SMILES string of the molecule is CC(C)(C)OC(=O)c1ccc(-c2nc3n(c2CN)CCCC3C(=O)OC(C)(C)C)cc1. The van der Waals surface area contributed by atoms with Gasteiger partial charge in [-0.2, -0.15) is 0 Å². The summed E-state index contributed by atoms with van der Waals surface area (Å²) < 4.78 is 13.1. The number of nitrogens with zero attached hydrogens (tertiary/aromatic N) is 2. The third-order valence-electron chi connectivity index (χ3n) is 4.97. The van der Waals surface area contributed by atoms with Crippen molar-refractivity contribution in [3.63, 3.8) is 0 Å². The number of nitrogens with two attached hydrogens (primary N) is 1. The summed E-state index contributed by atoms with van der Waals surface area (Å²) in [5.41, 5.74) is 7.91. The standard InChI is InChI=1S/C24H33N3O4/c1-23(2,3)30-21(28)16-11-9-15(10-12-16)19-18(14-25)27-13-7-8-17(20(27)26-19)22(29)31-24(4,5)6/h9-12,17H,7-8,13-14,25H2,1-6H3. The molecule has 1 aliphatic heterocycles. The maximum atomic E-state index is 12.8. The summed E-state index contributed by atoms with van der Waals surface area (Å²) in [6.07, 6.45) is 1.56. The van der Waals surface area contributed by atoms with Crippen LogP contribution in [0.5, 0.6) is 0 Å². The van der Waals surface area contributed by atoms with E-state index < -0.39 is 17.1 Å². The van der Waals surface area contributed by atoms with Gasteiger partial charge in [-0.15, -0.1) is 0 Å². The van der Waals surface area contributed by atoms with Gasteiger partial charge in [-0.3, -0.25) is 4.79 Å². The predicted molar refractivity (Wildman–Crippen MR) is 119 cm³/mol. The summed E-state index contributed by atoms with van der Waals surface area (Å²) >= 11 is 0. The summed E-state index contributed by atoms with van der Waals surface area (Å²) in [5.74, 6) is -0.332. The van der Waals surface area contributed by atoms with E-state index in [0.717, 1.165) is 29.9 Å². The molecule has 2 aromatic rings. The lowest BCUT2D eigenvalue weighted by Gasteiger charge is -2.27. The highest BCUT2D eigenvalue weighted by Gasteiger charge is 2.34. The zero-order valence-electron chi connectivity index (χ0n) is 19.3. The van der Waals surface area contributed by atoms with Crippen molar-refractivity contribution in [3.05, 3.63) is 41.3 Å². The van der Waals surface area contributed by atoms with Gasteiger partial charge in [-0.05, 0) is 66.5 Å². The van der Waals surface area contributed by atoms with Gasteiger partial charge >= 0.3 is 11.9 Å².